The molecular formula is C23H15FN2O5. The van der Waals surface area contributed by atoms with Gasteiger partial charge < -0.3 is 9.47 Å². The van der Waals surface area contributed by atoms with Crippen molar-refractivity contribution in [1.29, 1.82) is 0 Å². The van der Waals surface area contributed by atoms with Gasteiger partial charge in [0.2, 0.25) is 5.90 Å². The number of hydrogen-bond acceptors (Lipinski definition) is 6. The fraction of sp³-hybridized carbons (Fsp3) is 0.0435. The van der Waals surface area contributed by atoms with Gasteiger partial charge in [-0.25, -0.2) is 14.2 Å². The zero-order valence-corrected chi connectivity index (χ0v) is 16.0. The van der Waals surface area contributed by atoms with Gasteiger partial charge in [-0.15, -0.1) is 0 Å². The zero-order valence-electron chi connectivity index (χ0n) is 16.0. The number of hydrogen-bond donors (Lipinski definition) is 0. The van der Waals surface area contributed by atoms with Gasteiger partial charge in [-0.05, 0) is 42.0 Å². The Balaban J connectivity index is 1.55. The van der Waals surface area contributed by atoms with Crippen molar-refractivity contribution in [3.05, 3.63) is 111 Å². The molecule has 0 spiro atoms. The van der Waals surface area contributed by atoms with Crippen molar-refractivity contribution in [2.24, 2.45) is 4.99 Å². The Labute approximate surface area is 176 Å². The summed E-state index contributed by atoms with van der Waals surface area (Å²) >= 11 is 0. The average molecular weight is 418 g/mol. The first-order chi connectivity index (χ1) is 15.0. The van der Waals surface area contributed by atoms with Crippen LogP contribution in [0.3, 0.4) is 0 Å². The minimum absolute atomic E-state index is 0.0656. The molecule has 0 aliphatic carbocycles. The van der Waals surface area contributed by atoms with E-state index in [0.29, 0.717) is 16.9 Å². The summed E-state index contributed by atoms with van der Waals surface area (Å²) in [5, 5.41) is 10.8. The van der Waals surface area contributed by atoms with Crippen LogP contribution >= 0.6 is 0 Å². The summed E-state index contributed by atoms with van der Waals surface area (Å²) in [4.78, 5) is 26.8. The van der Waals surface area contributed by atoms with E-state index >= 15 is 0 Å². The highest BCUT2D eigenvalue weighted by Crippen LogP contribution is 2.26. The Kier molecular flexibility index (Phi) is 5.53. The Bertz CT molecular complexity index is 1200. The standard InChI is InChI=1S/C23H15FN2O5/c24-18-9-5-15(6-10-18)14-30-21-4-2-1-3-17(21)13-20-23(27)31-22(25-20)16-7-11-19(12-8-16)26(28)29/h1-13H,14H2/b20-13-. The van der Waals surface area contributed by atoms with Crippen molar-refractivity contribution in [2.45, 2.75) is 6.61 Å². The summed E-state index contributed by atoms with van der Waals surface area (Å²) in [5.41, 5.74) is 1.86. The topological polar surface area (TPSA) is 91.0 Å². The number of carbonyl (C=O) groups is 1. The van der Waals surface area contributed by atoms with Crippen molar-refractivity contribution in [2.75, 3.05) is 0 Å². The second-order valence-corrected chi connectivity index (χ2v) is 6.59. The SMILES string of the molecule is O=C1OC(c2ccc([N+](=O)[O-])cc2)=N/C1=C\c1ccccc1OCc1ccc(F)cc1. The first kappa shape index (κ1) is 20.0. The predicted molar refractivity (Wildman–Crippen MR) is 111 cm³/mol. The number of nitrogens with zero attached hydrogens (tertiary/aromatic N) is 2. The number of para-hydroxylation sites is 1. The second-order valence-electron chi connectivity index (χ2n) is 6.59. The van der Waals surface area contributed by atoms with E-state index in [4.69, 9.17) is 9.47 Å². The lowest BCUT2D eigenvalue weighted by Gasteiger charge is -2.09. The van der Waals surface area contributed by atoms with E-state index in [0.717, 1.165) is 5.56 Å². The van der Waals surface area contributed by atoms with Gasteiger partial charge in [-0.2, -0.15) is 0 Å². The number of halogens is 1. The first-order valence-corrected chi connectivity index (χ1v) is 9.23. The van der Waals surface area contributed by atoms with Gasteiger partial charge in [0.15, 0.2) is 5.70 Å². The van der Waals surface area contributed by atoms with Crippen LogP contribution in [0.2, 0.25) is 0 Å². The van der Waals surface area contributed by atoms with Crippen LogP contribution in [0, 0.1) is 15.9 Å². The van der Waals surface area contributed by atoms with Crippen LogP contribution in [0.15, 0.2) is 83.5 Å². The summed E-state index contributed by atoms with van der Waals surface area (Å²) in [5.74, 6) is -0.376. The van der Waals surface area contributed by atoms with Crippen LogP contribution in [0.5, 0.6) is 5.75 Å². The Morgan fingerprint density at radius 3 is 2.45 bits per heavy atom. The molecule has 0 saturated heterocycles. The zero-order chi connectivity index (χ0) is 21.8. The largest absolute Gasteiger partial charge is 0.488 e. The number of ether oxygens (including phenoxy) is 2. The lowest BCUT2D eigenvalue weighted by Crippen LogP contribution is -2.05. The molecule has 0 saturated carbocycles. The number of esters is 1. The summed E-state index contributed by atoms with van der Waals surface area (Å²) in [6, 6.07) is 18.6. The maximum atomic E-state index is 13.1. The fourth-order valence-electron chi connectivity index (χ4n) is 2.88. The number of nitro groups is 1. The molecule has 3 aromatic rings. The van der Waals surface area contributed by atoms with Crippen LogP contribution in [-0.4, -0.2) is 16.8 Å². The van der Waals surface area contributed by atoms with Crippen LogP contribution in [-0.2, 0) is 16.1 Å². The molecule has 0 bridgehead atoms. The molecule has 1 heterocycles. The highest BCUT2D eigenvalue weighted by Gasteiger charge is 2.25. The molecule has 3 aromatic carbocycles. The molecule has 154 valence electrons. The molecule has 1 aliphatic heterocycles. The minimum Gasteiger partial charge on any atom is -0.488 e. The van der Waals surface area contributed by atoms with Gasteiger partial charge in [0.1, 0.15) is 18.2 Å². The highest BCUT2D eigenvalue weighted by atomic mass is 19.1. The molecule has 0 radical (unpaired) electrons. The number of aliphatic imine (C=N–C) groups is 1. The predicted octanol–water partition coefficient (Wildman–Crippen LogP) is 4.66. The van der Waals surface area contributed by atoms with Gasteiger partial charge in [0, 0.05) is 23.3 Å². The molecule has 0 N–H and O–H groups in total. The van der Waals surface area contributed by atoms with Crippen LogP contribution < -0.4 is 4.74 Å². The average Bonchev–Trinajstić information content (AvgIpc) is 3.14. The summed E-state index contributed by atoms with van der Waals surface area (Å²) in [6.07, 6.45) is 1.54. The van der Waals surface area contributed by atoms with E-state index in [-0.39, 0.29) is 29.7 Å². The number of rotatable bonds is 6. The summed E-state index contributed by atoms with van der Waals surface area (Å²) in [7, 11) is 0. The fourth-order valence-corrected chi connectivity index (χ4v) is 2.88. The normalized spacial score (nSPS) is 14.3. The third-order valence-electron chi connectivity index (χ3n) is 4.46. The molecule has 0 amide bonds. The molecule has 8 heteroatoms. The van der Waals surface area contributed by atoms with E-state index in [9.17, 15) is 19.3 Å². The van der Waals surface area contributed by atoms with Crippen molar-refractivity contribution >= 4 is 23.6 Å². The molecule has 0 aromatic heterocycles. The first-order valence-electron chi connectivity index (χ1n) is 9.23. The van der Waals surface area contributed by atoms with Crippen LogP contribution in [0.4, 0.5) is 10.1 Å². The van der Waals surface area contributed by atoms with Crippen LogP contribution in [0.25, 0.3) is 6.08 Å². The van der Waals surface area contributed by atoms with Crippen molar-refractivity contribution in [3.63, 3.8) is 0 Å². The Morgan fingerprint density at radius 2 is 1.74 bits per heavy atom. The van der Waals surface area contributed by atoms with E-state index < -0.39 is 10.9 Å². The molecule has 0 unspecified atom stereocenters. The molecule has 1 aliphatic rings. The molecular weight excluding hydrogens is 403 g/mol. The molecule has 0 fully saturated rings. The van der Waals surface area contributed by atoms with Crippen molar-refractivity contribution in [3.8, 4) is 5.75 Å². The smallest absolute Gasteiger partial charge is 0.363 e. The molecule has 7 nitrogen and oxygen atoms in total. The quantitative estimate of drug-likeness (QED) is 0.251. The van der Waals surface area contributed by atoms with Gasteiger partial charge in [0.05, 0.1) is 4.92 Å². The van der Waals surface area contributed by atoms with Gasteiger partial charge in [-0.1, -0.05) is 30.3 Å². The van der Waals surface area contributed by atoms with E-state index in [1.807, 2.05) is 0 Å². The maximum Gasteiger partial charge on any atom is 0.363 e. The minimum atomic E-state index is -0.637. The van der Waals surface area contributed by atoms with Gasteiger partial charge in [-0.3, -0.25) is 10.1 Å². The third-order valence-corrected chi connectivity index (χ3v) is 4.46. The van der Waals surface area contributed by atoms with Crippen molar-refractivity contribution in [1.82, 2.24) is 0 Å². The number of benzene rings is 3. The molecule has 31 heavy (non-hydrogen) atoms. The maximum absolute atomic E-state index is 13.1. The second kappa shape index (κ2) is 8.58. The number of carbonyl (C=O) groups excluding carboxylic acids is 1. The van der Waals surface area contributed by atoms with Gasteiger partial charge >= 0.3 is 5.97 Å². The number of nitro benzene ring substituents is 1. The lowest BCUT2D eigenvalue weighted by molar-refractivity contribution is -0.384. The highest BCUT2D eigenvalue weighted by molar-refractivity contribution is 6.13. The summed E-state index contributed by atoms with van der Waals surface area (Å²) < 4.78 is 24.1. The van der Waals surface area contributed by atoms with Gasteiger partial charge in [0.25, 0.3) is 5.69 Å². The van der Waals surface area contributed by atoms with E-state index in [1.54, 1.807) is 42.5 Å². The Hall–Kier alpha value is -4.33. The monoisotopic (exact) mass is 418 g/mol. The molecule has 0 atom stereocenters. The van der Waals surface area contributed by atoms with Crippen LogP contribution in [0.1, 0.15) is 16.7 Å². The third kappa shape index (κ3) is 4.64. The number of cyclic esters (lactones) is 1. The number of non-ortho nitro benzene ring substituents is 1. The lowest BCUT2D eigenvalue weighted by atomic mass is 10.1. The van der Waals surface area contributed by atoms with Crippen molar-refractivity contribution < 1.29 is 23.6 Å². The van der Waals surface area contributed by atoms with E-state index in [2.05, 4.69) is 4.99 Å². The summed E-state index contributed by atoms with van der Waals surface area (Å²) in [6.45, 7) is 0.224. The Morgan fingerprint density at radius 1 is 1.03 bits per heavy atom. The molecule has 4 rings (SSSR count). The van der Waals surface area contributed by atoms with E-state index in [1.165, 1.54) is 36.4 Å².